The second kappa shape index (κ2) is 7.04. The van der Waals surface area contributed by atoms with Gasteiger partial charge in [-0.25, -0.2) is 0 Å². The van der Waals surface area contributed by atoms with E-state index in [0.29, 0.717) is 19.7 Å². The van der Waals surface area contributed by atoms with Crippen molar-refractivity contribution in [3.63, 3.8) is 0 Å². The standard InChI is InChI=1S/C12H22N2O4/c15-8-11-7-14(5-6-17-11)12(16)9-18-10-1-3-13-4-2-10/h10-11,13,15H,1-9H2. The molecular weight excluding hydrogens is 236 g/mol. The SMILES string of the molecule is O=C(COC1CCNCC1)N1CCOC(CO)C1. The summed E-state index contributed by atoms with van der Waals surface area (Å²) in [6, 6.07) is 0. The summed E-state index contributed by atoms with van der Waals surface area (Å²) in [5.41, 5.74) is 0. The quantitative estimate of drug-likeness (QED) is 0.675. The Labute approximate surface area is 107 Å². The summed E-state index contributed by atoms with van der Waals surface area (Å²) in [5.74, 6) is -0.00437. The second-order valence-electron chi connectivity index (χ2n) is 4.78. The van der Waals surface area contributed by atoms with Crippen LogP contribution in [0.4, 0.5) is 0 Å². The fourth-order valence-electron chi connectivity index (χ4n) is 2.30. The molecule has 2 fully saturated rings. The number of nitrogens with one attached hydrogen (secondary N) is 1. The molecule has 2 aliphatic heterocycles. The number of aliphatic hydroxyl groups excluding tert-OH is 1. The number of piperidine rings is 1. The molecular formula is C12H22N2O4. The number of rotatable bonds is 4. The van der Waals surface area contributed by atoms with Gasteiger partial charge in [0.1, 0.15) is 6.61 Å². The van der Waals surface area contributed by atoms with Crippen molar-refractivity contribution in [2.45, 2.75) is 25.0 Å². The Morgan fingerprint density at radius 1 is 1.44 bits per heavy atom. The Bertz CT molecular complexity index is 269. The predicted molar refractivity (Wildman–Crippen MR) is 65.2 cm³/mol. The van der Waals surface area contributed by atoms with Crippen LogP contribution in [-0.4, -0.2) is 74.1 Å². The van der Waals surface area contributed by atoms with Crippen LogP contribution >= 0.6 is 0 Å². The summed E-state index contributed by atoms with van der Waals surface area (Å²) in [6.07, 6.45) is 1.89. The lowest BCUT2D eigenvalue weighted by Gasteiger charge is -2.32. The third kappa shape index (κ3) is 3.91. The lowest BCUT2D eigenvalue weighted by molar-refractivity contribution is -0.147. The predicted octanol–water partition coefficient (Wildman–Crippen LogP) is -1.03. The van der Waals surface area contributed by atoms with E-state index in [2.05, 4.69) is 5.32 Å². The highest BCUT2D eigenvalue weighted by atomic mass is 16.5. The van der Waals surface area contributed by atoms with Crippen LogP contribution in [0.15, 0.2) is 0 Å². The number of hydrogen-bond acceptors (Lipinski definition) is 5. The van der Waals surface area contributed by atoms with Crippen molar-refractivity contribution in [2.24, 2.45) is 0 Å². The van der Waals surface area contributed by atoms with Gasteiger partial charge in [0.05, 0.1) is 25.4 Å². The maximum absolute atomic E-state index is 12.0. The highest BCUT2D eigenvalue weighted by molar-refractivity contribution is 5.77. The molecule has 1 amide bonds. The number of carbonyl (C=O) groups excluding carboxylic acids is 1. The Morgan fingerprint density at radius 2 is 2.22 bits per heavy atom. The highest BCUT2D eigenvalue weighted by Gasteiger charge is 2.24. The number of carbonyl (C=O) groups is 1. The fraction of sp³-hybridized carbons (Fsp3) is 0.917. The van der Waals surface area contributed by atoms with E-state index in [1.54, 1.807) is 4.90 Å². The van der Waals surface area contributed by atoms with E-state index >= 15 is 0 Å². The molecule has 2 N–H and O–H groups in total. The molecule has 1 unspecified atom stereocenters. The van der Waals surface area contributed by atoms with Gasteiger partial charge >= 0.3 is 0 Å². The van der Waals surface area contributed by atoms with E-state index in [1.807, 2.05) is 0 Å². The van der Waals surface area contributed by atoms with Gasteiger partial charge in [0, 0.05) is 13.1 Å². The van der Waals surface area contributed by atoms with Crippen LogP contribution in [0.3, 0.4) is 0 Å². The van der Waals surface area contributed by atoms with E-state index in [-0.39, 0.29) is 31.3 Å². The van der Waals surface area contributed by atoms with Crippen molar-refractivity contribution >= 4 is 5.91 Å². The highest BCUT2D eigenvalue weighted by Crippen LogP contribution is 2.09. The summed E-state index contributed by atoms with van der Waals surface area (Å²) in [5, 5.41) is 12.3. The number of ether oxygens (including phenoxy) is 2. The van der Waals surface area contributed by atoms with Crippen LogP contribution < -0.4 is 5.32 Å². The summed E-state index contributed by atoms with van der Waals surface area (Å²) in [4.78, 5) is 13.7. The van der Waals surface area contributed by atoms with E-state index in [0.717, 1.165) is 25.9 Å². The molecule has 0 bridgehead atoms. The molecule has 2 saturated heterocycles. The molecule has 0 aromatic heterocycles. The van der Waals surface area contributed by atoms with Gasteiger partial charge < -0.3 is 24.8 Å². The van der Waals surface area contributed by atoms with Gasteiger partial charge in [-0.3, -0.25) is 4.79 Å². The molecule has 2 heterocycles. The van der Waals surface area contributed by atoms with Crippen molar-refractivity contribution in [2.75, 3.05) is 46.0 Å². The van der Waals surface area contributed by atoms with Gasteiger partial charge in [-0.2, -0.15) is 0 Å². The molecule has 2 rings (SSSR count). The number of nitrogens with zero attached hydrogens (tertiary/aromatic N) is 1. The van der Waals surface area contributed by atoms with Crippen molar-refractivity contribution < 1.29 is 19.4 Å². The van der Waals surface area contributed by atoms with Gasteiger partial charge in [0.2, 0.25) is 5.91 Å². The van der Waals surface area contributed by atoms with E-state index in [1.165, 1.54) is 0 Å². The number of amides is 1. The van der Waals surface area contributed by atoms with Crippen molar-refractivity contribution in [1.29, 1.82) is 0 Å². The molecule has 0 aliphatic carbocycles. The largest absolute Gasteiger partial charge is 0.394 e. The van der Waals surface area contributed by atoms with Gasteiger partial charge in [-0.1, -0.05) is 0 Å². The molecule has 18 heavy (non-hydrogen) atoms. The summed E-state index contributed by atoms with van der Waals surface area (Å²) < 4.78 is 10.9. The van der Waals surface area contributed by atoms with E-state index in [9.17, 15) is 4.79 Å². The third-order valence-electron chi connectivity index (χ3n) is 3.42. The molecule has 104 valence electrons. The van der Waals surface area contributed by atoms with E-state index < -0.39 is 0 Å². The monoisotopic (exact) mass is 258 g/mol. The molecule has 6 nitrogen and oxygen atoms in total. The first-order valence-corrected chi connectivity index (χ1v) is 6.62. The average molecular weight is 258 g/mol. The molecule has 1 atom stereocenters. The fourth-order valence-corrected chi connectivity index (χ4v) is 2.30. The molecule has 0 aromatic carbocycles. The average Bonchev–Trinajstić information content (AvgIpc) is 2.46. The Balaban J connectivity index is 1.70. The smallest absolute Gasteiger partial charge is 0.248 e. The Hall–Kier alpha value is -0.690. The zero-order valence-corrected chi connectivity index (χ0v) is 10.6. The second-order valence-corrected chi connectivity index (χ2v) is 4.78. The summed E-state index contributed by atoms with van der Waals surface area (Å²) in [6.45, 7) is 3.56. The van der Waals surface area contributed by atoms with Crippen LogP contribution in [0.25, 0.3) is 0 Å². The third-order valence-corrected chi connectivity index (χ3v) is 3.42. The summed E-state index contributed by atoms with van der Waals surface area (Å²) >= 11 is 0. The van der Waals surface area contributed by atoms with Gasteiger partial charge in [-0.15, -0.1) is 0 Å². The number of morpholine rings is 1. The maximum Gasteiger partial charge on any atom is 0.248 e. The minimum Gasteiger partial charge on any atom is -0.394 e. The zero-order chi connectivity index (χ0) is 12.8. The molecule has 0 saturated carbocycles. The van der Waals surface area contributed by atoms with Gasteiger partial charge in [-0.05, 0) is 25.9 Å². The lowest BCUT2D eigenvalue weighted by atomic mass is 10.1. The lowest BCUT2D eigenvalue weighted by Crippen LogP contribution is -2.48. The zero-order valence-electron chi connectivity index (χ0n) is 10.6. The molecule has 2 aliphatic rings. The Morgan fingerprint density at radius 3 is 2.94 bits per heavy atom. The molecule has 0 aromatic rings. The molecule has 0 spiro atoms. The van der Waals surface area contributed by atoms with Crippen molar-refractivity contribution in [3.05, 3.63) is 0 Å². The maximum atomic E-state index is 12.0. The van der Waals surface area contributed by atoms with Crippen LogP contribution in [0.2, 0.25) is 0 Å². The normalized spacial score (nSPS) is 26.3. The minimum absolute atomic E-state index is 0.00437. The minimum atomic E-state index is -0.249. The van der Waals surface area contributed by atoms with Gasteiger partial charge in [0.25, 0.3) is 0 Å². The van der Waals surface area contributed by atoms with Crippen molar-refractivity contribution in [1.82, 2.24) is 10.2 Å². The first kappa shape index (κ1) is 13.7. The topological polar surface area (TPSA) is 71.0 Å². The Kier molecular flexibility index (Phi) is 5.37. The van der Waals surface area contributed by atoms with Crippen LogP contribution in [0, 0.1) is 0 Å². The number of aliphatic hydroxyl groups is 1. The number of hydrogen-bond donors (Lipinski definition) is 2. The first-order chi connectivity index (χ1) is 8.79. The summed E-state index contributed by atoms with van der Waals surface area (Å²) in [7, 11) is 0. The van der Waals surface area contributed by atoms with Crippen molar-refractivity contribution in [3.8, 4) is 0 Å². The van der Waals surface area contributed by atoms with Crippen LogP contribution in [0.5, 0.6) is 0 Å². The van der Waals surface area contributed by atoms with Crippen LogP contribution in [-0.2, 0) is 14.3 Å². The van der Waals surface area contributed by atoms with E-state index in [4.69, 9.17) is 14.6 Å². The molecule has 6 heteroatoms. The van der Waals surface area contributed by atoms with Crippen LogP contribution in [0.1, 0.15) is 12.8 Å². The molecule has 0 radical (unpaired) electrons. The first-order valence-electron chi connectivity index (χ1n) is 6.62. The van der Waals surface area contributed by atoms with Gasteiger partial charge in [0.15, 0.2) is 0 Å².